The maximum absolute atomic E-state index is 10.9. The lowest BCUT2D eigenvalue weighted by Crippen LogP contribution is -2.38. The third-order valence-corrected chi connectivity index (χ3v) is 3.61. The van der Waals surface area contributed by atoms with Gasteiger partial charge in [-0.2, -0.15) is 0 Å². The zero-order valence-electron chi connectivity index (χ0n) is 13.1. The minimum absolute atomic E-state index is 0.0162. The molecule has 1 unspecified atom stereocenters. The van der Waals surface area contributed by atoms with E-state index >= 15 is 0 Å². The molecule has 0 heterocycles. The van der Waals surface area contributed by atoms with Gasteiger partial charge in [-0.15, -0.1) is 0 Å². The number of rotatable bonds is 3. The molecule has 1 atom stereocenters. The summed E-state index contributed by atoms with van der Waals surface area (Å²) >= 11 is 5.93. The molecule has 1 aromatic carbocycles. The number of nitrogens with one attached hydrogen (secondary N) is 3. The highest BCUT2D eigenvalue weighted by atomic mass is 35.5. The highest BCUT2D eigenvalue weighted by Crippen LogP contribution is 2.27. The number of para-hydroxylation sites is 1. The van der Waals surface area contributed by atoms with Gasteiger partial charge in [0, 0.05) is 29.1 Å². The molecule has 1 amide bonds. The van der Waals surface area contributed by atoms with Gasteiger partial charge in [0.05, 0.1) is 5.69 Å². The van der Waals surface area contributed by atoms with Gasteiger partial charge in [0.15, 0.2) is 0 Å². The number of hydrogen-bond donors (Lipinski definition) is 3. The summed E-state index contributed by atoms with van der Waals surface area (Å²) in [6.45, 7) is 3.16. The molecule has 0 aromatic heterocycles. The molecule has 2 rings (SSSR count). The zero-order chi connectivity index (χ0) is 16.8. The maximum atomic E-state index is 10.9. The van der Waals surface area contributed by atoms with Crippen molar-refractivity contribution < 1.29 is 4.79 Å². The lowest BCUT2D eigenvalue weighted by atomic mass is 9.90. The van der Waals surface area contributed by atoms with Crippen LogP contribution < -0.4 is 10.9 Å². The number of amidine groups is 1. The highest BCUT2D eigenvalue weighted by Gasteiger charge is 2.17. The molecular weight excluding hydrogens is 312 g/mol. The second kappa shape index (κ2) is 7.74. The number of carbonyl (C=O) groups excluding carboxylic acids is 1. The molecule has 0 fully saturated rings. The first-order valence-corrected chi connectivity index (χ1v) is 7.64. The van der Waals surface area contributed by atoms with Gasteiger partial charge in [0.1, 0.15) is 5.84 Å². The van der Waals surface area contributed by atoms with Crippen molar-refractivity contribution in [2.75, 3.05) is 0 Å². The molecule has 0 saturated carbocycles. The van der Waals surface area contributed by atoms with E-state index in [-0.39, 0.29) is 11.8 Å². The Morgan fingerprint density at radius 2 is 2.04 bits per heavy atom. The molecule has 0 saturated heterocycles. The molecule has 5 nitrogen and oxygen atoms in total. The molecule has 0 aliphatic heterocycles. The lowest BCUT2D eigenvalue weighted by molar-refractivity contribution is -0.119. The summed E-state index contributed by atoms with van der Waals surface area (Å²) in [7, 11) is 0. The number of nitrogens with zero attached hydrogens (tertiary/aromatic N) is 1. The maximum Gasteiger partial charge on any atom is 0.235 e. The molecule has 1 aliphatic rings. The Hall–Kier alpha value is -2.40. The van der Waals surface area contributed by atoms with Crippen molar-refractivity contribution in [1.29, 1.82) is 5.41 Å². The summed E-state index contributed by atoms with van der Waals surface area (Å²) in [5.41, 5.74) is 7.13. The number of aliphatic imine (C=N–C) groups is 1. The molecule has 1 aliphatic carbocycles. The van der Waals surface area contributed by atoms with Gasteiger partial charge in [0.2, 0.25) is 5.91 Å². The molecular formula is C17H19ClN4O. The van der Waals surface area contributed by atoms with E-state index in [0.29, 0.717) is 28.7 Å². The van der Waals surface area contributed by atoms with Crippen LogP contribution in [0.25, 0.3) is 0 Å². The Morgan fingerprint density at radius 1 is 1.30 bits per heavy atom. The SMILES string of the molecule is CC(=O)NNC(C)=Nc1ccccc1C(=N)C1C=CC(Cl)=CC1. The topological polar surface area (TPSA) is 77.3 Å². The van der Waals surface area contributed by atoms with Crippen molar-refractivity contribution >= 4 is 34.7 Å². The molecule has 1 aromatic rings. The molecule has 0 radical (unpaired) electrons. The fourth-order valence-electron chi connectivity index (χ4n) is 2.19. The zero-order valence-corrected chi connectivity index (χ0v) is 13.8. The number of benzene rings is 1. The van der Waals surface area contributed by atoms with Crippen molar-refractivity contribution in [3.63, 3.8) is 0 Å². The number of hydrogen-bond acceptors (Lipinski definition) is 3. The first-order chi connectivity index (χ1) is 11.0. The predicted molar refractivity (Wildman–Crippen MR) is 94.2 cm³/mol. The van der Waals surface area contributed by atoms with E-state index in [2.05, 4.69) is 15.8 Å². The van der Waals surface area contributed by atoms with Crippen LogP contribution in [0.15, 0.2) is 52.5 Å². The van der Waals surface area contributed by atoms with Crippen molar-refractivity contribution in [3.05, 3.63) is 53.1 Å². The third kappa shape index (κ3) is 4.79. The number of allylic oxidation sites excluding steroid dienone is 4. The van der Waals surface area contributed by atoms with Crippen LogP contribution >= 0.6 is 11.6 Å². The average Bonchev–Trinajstić information content (AvgIpc) is 2.53. The van der Waals surface area contributed by atoms with Gasteiger partial charge in [-0.05, 0) is 25.5 Å². The summed E-state index contributed by atoms with van der Waals surface area (Å²) < 4.78 is 0. The van der Waals surface area contributed by atoms with Crippen molar-refractivity contribution in [2.24, 2.45) is 10.9 Å². The fraction of sp³-hybridized carbons (Fsp3) is 0.235. The van der Waals surface area contributed by atoms with Gasteiger partial charge in [-0.3, -0.25) is 15.6 Å². The van der Waals surface area contributed by atoms with E-state index in [1.54, 1.807) is 6.92 Å². The monoisotopic (exact) mass is 330 g/mol. The first-order valence-electron chi connectivity index (χ1n) is 7.27. The number of amides is 1. The van der Waals surface area contributed by atoms with Crippen molar-refractivity contribution in [2.45, 2.75) is 20.3 Å². The largest absolute Gasteiger partial charge is 0.304 e. The van der Waals surface area contributed by atoms with Crippen LogP contribution in [0.1, 0.15) is 25.8 Å². The number of hydrazine groups is 1. The number of carbonyl (C=O) groups is 1. The molecule has 23 heavy (non-hydrogen) atoms. The van der Waals surface area contributed by atoms with E-state index in [4.69, 9.17) is 17.0 Å². The highest BCUT2D eigenvalue weighted by molar-refractivity contribution is 6.31. The van der Waals surface area contributed by atoms with Gasteiger partial charge in [-0.1, -0.05) is 42.0 Å². The van der Waals surface area contributed by atoms with E-state index in [1.807, 2.05) is 42.5 Å². The number of halogens is 1. The molecule has 120 valence electrons. The van der Waals surface area contributed by atoms with Crippen LogP contribution in [-0.2, 0) is 4.79 Å². The average molecular weight is 331 g/mol. The Kier molecular flexibility index (Phi) is 5.71. The molecule has 0 spiro atoms. The minimum atomic E-state index is -0.198. The van der Waals surface area contributed by atoms with E-state index in [0.717, 1.165) is 5.56 Å². The van der Waals surface area contributed by atoms with E-state index < -0.39 is 0 Å². The van der Waals surface area contributed by atoms with Gasteiger partial charge >= 0.3 is 0 Å². The van der Waals surface area contributed by atoms with Gasteiger partial charge in [0.25, 0.3) is 0 Å². The van der Waals surface area contributed by atoms with E-state index in [9.17, 15) is 4.79 Å². The van der Waals surface area contributed by atoms with Crippen LogP contribution in [0, 0.1) is 11.3 Å². The minimum Gasteiger partial charge on any atom is -0.304 e. The molecule has 6 heteroatoms. The Morgan fingerprint density at radius 3 is 2.70 bits per heavy atom. The standard InChI is InChI=1S/C17H19ClN4O/c1-11(21-22-12(2)23)20-16-6-4-3-5-15(16)17(19)13-7-9-14(18)10-8-13/h3-7,9-10,13,19H,8H2,1-2H3,(H,20,21)(H,22,23). The predicted octanol–water partition coefficient (Wildman–Crippen LogP) is 3.44. The van der Waals surface area contributed by atoms with Crippen molar-refractivity contribution in [3.8, 4) is 0 Å². The summed E-state index contributed by atoms with van der Waals surface area (Å²) in [5.74, 6) is 0.330. The lowest BCUT2D eigenvalue weighted by Gasteiger charge is -2.17. The van der Waals surface area contributed by atoms with Crippen molar-refractivity contribution in [1.82, 2.24) is 10.9 Å². The smallest absolute Gasteiger partial charge is 0.235 e. The van der Waals surface area contributed by atoms with Crippen LogP contribution in [0.2, 0.25) is 0 Å². The first kappa shape index (κ1) is 17.0. The summed E-state index contributed by atoms with van der Waals surface area (Å²) in [4.78, 5) is 15.4. The summed E-state index contributed by atoms with van der Waals surface area (Å²) in [6, 6.07) is 7.47. The Bertz CT molecular complexity index is 706. The summed E-state index contributed by atoms with van der Waals surface area (Å²) in [6.07, 6.45) is 6.37. The second-order valence-electron chi connectivity index (χ2n) is 5.22. The summed E-state index contributed by atoms with van der Waals surface area (Å²) in [5, 5.41) is 9.17. The fourth-order valence-corrected chi connectivity index (χ4v) is 2.36. The van der Waals surface area contributed by atoms with Crippen LogP contribution in [0.3, 0.4) is 0 Å². The van der Waals surface area contributed by atoms with Crippen LogP contribution in [-0.4, -0.2) is 17.5 Å². The third-order valence-electron chi connectivity index (χ3n) is 3.33. The van der Waals surface area contributed by atoms with Crippen LogP contribution in [0.4, 0.5) is 5.69 Å². The Balaban J connectivity index is 2.20. The van der Waals surface area contributed by atoms with Crippen LogP contribution in [0.5, 0.6) is 0 Å². The quantitative estimate of drug-likeness (QED) is 0.451. The molecule has 3 N–H and O–H groups in total. The van der Waals surface area contributed by atoms with Gasteiger partial charge in [-0.25, -0.2) is 4.99 Å². The second-order valence-corrected chi connectivity index (χ2v) is 5.66. The van der Waals surface area contributed by atoms with E-state index in [1.165, 1.54) is 6.92 Å². The van der Waals surface area contributed by atoms with Gasteiger partial charge < -0.3 is 5.41 Å². The normalized spacial score (nSPS) is 17.4. The Labute approximate surface area is 140 Å². The molecule has 0 bridgehead atoms.